The molecule has 2 aromatic rings. The summed E-state index contributed by atoms with van der Waals surface area (Å²) in [5.41, 5.74) is 14.3. The fraction of sp³-hybridized carbons (Fsp3) is 0.0625. The van der Waals surface area contributed by atoms with Crippen molar-refractivity contribution in [2.24, 2.45) is 16.6 Å². The monoisotopic (exact) mass is 312 g/mol. The largest absolute Gasteiger partial charge is 0.362 e. The number of nitrogens with two attached hydrogens (primary N) is 2. The van der Waals surface area contributed by atoms with Crippen molar-refractivity contribution in [3.05, 3.63) is 65.7 Å². The van der Waals surface area contributed by atoms with E-state index in [1.165, 1.54) is 0 Å². The Balaban J connectivity index is 2.34. The number of thiocarbonyl (C=S) groups is 1. The van der Waals surface area contributed by atoms with Gasteiger partial charge in [-0.25, -0.2) is 0 Å². The van der Waals surface area contributed by atoms with Crippen LogP contribution in [-0.2, 0) is 0 Å². The van der Waals surface area contributed by atoms with Crippen LogP contribution in [-0.4, -0.2) is 16.7 Å². The van der Waals surface area contributed by atoms with E-state index in [4.69, 9.17) is 23.7 Å². The molecule has 6 heteroatoms. The van der Waals surface area contributed by atoms with Crippen LogP contribution in [0.4, 0.5) is 5.69 Å². The van der Waals surface area contributed by atoms with Crippen LogP contribution in [0.3, 0.4) is 0 Å². The molecular weight excluding hydrogens is 294 g/mol. The molecule has 0 unspecified atom stereocenters. The Hall–Kier alpha value is -2.73. The number of guanidine groups is 1. The molecule has 112 valence electrons. The van der Waals surface area contributed by atoms with Gasteiger partial charge >= 0.3 is 5.96 Å². The van der Waals surface area contributed by atoms with E-state index in [0.717, 1.165) is 16.8 Å². The van der Waals surface area contributed by atoms with Crippen LogP contribution < -0.4 is 21.9 Å². The van der Waals surface area contributed by atoms with Gasteiger partial charge in [-0.2, -0.15) is 5.10 Å². The molecule has 0 aliphatic heterocycles. The molecule has 0 saturated carbocycles. The first kappa shape index (κ1) is 15.7. The summed E-state index contributed by atoms with van der Waals surface area (Å²) < 4.78 is 0. The third kappa shape index (κ3) is 4.13. The second kappa shape index (κ2) is 7.33. The number of hydrazone groups is 1. The lowest BCUT2D eigenvalue weighted by Crippen LogP contribution is -2.73. The summed E-state index contributed by atoms with van der Waals surface area (Å²) in [5, 5.41) is 9.96. The maximum Gasteiger partial charge on any atom is 0.362 e. The standard InChI is InChI=1S/C16H17N5S/c1-11-7-5-6-10-13(11)19-15(22)14(20-21-16(17)18)12-8-3-2-4-9-12/h2-10H,1H3,(H,19,22)(H4,17,18,21)/p+1. The van der Waals surface area contributed by atoms with Crippen LogP contribution >= 0.6 is 12.2 Å². The zero-order chi connectivity index (χ0) is 15.9. The number of rotatable bonds is 4. The Bertz CT molecular complexity index is 718. The maximum atomic E-state index is 5.48. The molecule has 0 bridgehead atoms. The SMILES string of the molecule is Cc1ccccc1NC(=S)C(=N[NH+]=C(N)N)c1ccccc1. The van der Waals surface area contributed by atoms with E-state index < -0.39 is 0 Å². The van der Waals surface area contributed by atoms with Crippen LogP contribution in [0.1, 0.15) is 11.1 Å². The smallest absolute Gasteiger partial charge is 0.344 e. The van der Waals surface area contributed by atoms with Gasteiger partial charge in [-0.05, 0) is 18.6 Å². The lowest BCUT2D eigenvalue weighted by Gasteiger charge is -2.11. The van der Waals surface area contributed by atoms with E-state index in [1.54, 1.807) is 0 Å². The fourth-order valence-corrected chi connectivity index (χ4v) is 2.13. The van der Waals surface area contributed by atoms with Crippen molar-refractivity contribution >= 4 is 34.6 Å². The van der Waals surface area contributed by atoms with Crippen molar-refractivity contribution in [2.75, 3.05) is 5.32 Å². The molecule has 0 aromatic heterocycles. The molecular formula is C16H18N5S+. The highest BCUT2D eigenvalue weighted by Crippen LogP contribution is 2.14. The summed E-state index contributed by atoms with van der Waals surface area (Å²) in [7, 11) is 0. The normalized spacial score (nSPS) is 10.9. The average molecular weight is 312 g/mol. The zero-order valence-corrected chi connectivity index (χ0v) is 13.0. The van der Waals surface area contributed by atoms with Gasteiger partial charge in [0.25, 0.3) is 0 Å². The molecule has 0 saturated heterocycles. The number of nitrogens with one attached hydrogen (secondary N) is 2. The maximum absolute atomic E-state index is 5.48. The number of benzene rings is 2. The Morgan fingerprint density at radius 2 is 1.68 bits per heavy atom. The van der Waals surface area contributed by atoms with E-state index in [-0.39, 0.29) is 5.96 Å². The summed E-state index contributed by atoms with van der Waals surface area (Å²) in [6.07, 6.45) is 0. The highest BCUT2D eigenvalue weighted by atomic mass is 32.1. The predicted octanol–water partition coefficient (Wildman–Crippen LogP) is 0.493. The molecule has 0 atom stereocenters. The van der Waals surface area contributed by atoms with Crippen LogP contribution in [0.25, 0.3) is 0 Å². The number of hydrogen-bond donors (Lipinski definition) is 4. The van der Waals surface area contributed by atoms with Gasteiger partial charge < -0.3 is 5.32 Å². The van der Waals surface area contributed by atoms with Crippen LogP contribution in [0.15, 0.2) is 59.7 Å². The van der Waals surface area contributed by atoms with Crippen LogP contribution in [0.5, 0.6) is 0 Å². The Morgan fingerprint density at radius 1 is 1.05 bits per heavy atom. The van der Waals surface area contributed by atoms with Crippen LogP contribution in [0.2, 0.25) is 0 Å². The Morgan fingerprint density at radius 3 is 2.32 bits per heavy atom. The van der Waals surface area contributed by atoms with Gasteiger partial charge in [-0.15, -0.1) is 5.10 Å². The molecule has 22 heavy (non-hydrogen) atoms. The number of anilines is 1. The Labute approximate surface area is 134 Å². The lowest BCUT2D eigenvalue weighted by molar-refractivity contribution is -0.463. The molecule has 0 aliphatic carbocycles. The van der Waals surface area contributed by atoms with E-state index in [1.807, 2.05) is 61.5 Å². The Kier molecular flexibility index (Phi) is 5.21. The fourth-order valence-electron chi connectivity index (χ4n) is 1.86. The summed E-state index contributed by atoms with van der Waals surface area (Å²) in [6.45, 7) is 2.01. The molecule has 0 fully saturated rings. The van der Waals surface area contributed by atoms with Crippen molar-refractivity contribution < 1.29 is 5.10 Å². The van der Waals surface area contributed by atoms with Gasteiger partial charge in [0, 0.05) is 11.3 Å². The van der Waals surface area contributed by atoms with E-state index in [0.29, 0.717) is 10.7 Å². The highest BCUT2D eigenvalue weighted by Gasteiger charge is 2.12. The van der Waals surface area contributed by atoms with Gasteiger partial charge in [-0.3, -0.25) is 11.5 Å². The number of para-hydroxylation sites is 1. The van der Waals surface area contributed by atoms with Crippen molar-refractivity contribution in [1.29, 1.82) is 0 Å². The summed E-state index contributed by atoms with van der Waals surface area (Å²) in [6, 6.07) is 17.5. The molecule has 0 heterocycles. The molecule has 5 nitrogen and oxygen atoms in total. The predicted molar refractivity (Wildman–Crippen MR) is 94.7 cm³/mol. The molecule has 2 aromatic carbocycles. The lowest BCUT2D eigenvalue weighted by atomic mass is 10.1. The van der Waals surface area contributed by atoms with Gasteiger partial charge in [0.2, 0.25) is 0 Å². The quantitative estimate of drug-likeness (QED) is 0.286. The molecule has 0 radical (unpaired) electrons. The van der Waals surface area contributed by atoms with Gasteiger partial charge in [0.05, 0.1) is 0 Å². The summed E-state index contributed by atoms with van der Waals surface area (Å²) in [5.74, 6) is 0.00660. The number of hydrogen-bond acceptors (Lipinski definition) is 2. The summed E-state index contributed by atoms with van der Waals surface area (Å²) >= 11 is 5.48. The van der Waals surface area contributed by atoms with E-state index >= 15 is 0 Å². The minimum absolute atomic E-state index is 0.00660. The zero-order valence-electron chi connectivity index (χ0n) is 12.2. The molecule has 0 amide bonds. The number of nitrogens with zero attached hydrogens (tertiary/aromatic N) is 1. The first-order valence-electron chi connectivity index (χ1n) is 6.72. The van der Waals surface area contributed by atoms with Crippen LogP contribution in [0, 0.1) is 6.92 Å². The minimum atomic E-state index is 0.00660. The second-order valence-electron chi connectivity index (χ2n) is 4.66. The highest BCUT2D eigenvalue weighted by molar-refractivity contribution is 7.82. The topological polar surface area (TPSA) is 90.4 Å². The van der Waals surface area contributed by atoms with E-state index in [2.05, 4.69) is 15.5 Å². The van der Waals surface area contributed by atoms with Crippen molar-refractivity contribution in [3.8, 4) is 0 Å². The van der Waals surface area contributed by atoms with Gasteiger partial charge in [0.15, 0.2) is 0 Å². The molecule has 2 rings (SSSR count). The van der Waals surface area contributed by atoms with E-state index in [9.17, 15) is 0 Å². The van der Waals surface area contributed by atoms with Crippen molar-refractivity contribution in [3.63, 3.8) is 0 Å². The second-order valence-corrected chi connectivity index (χ2v) is 5.07. The third-order valence-electron chi connectivity index (χ3n) is 2.95. The first-order valence-corrected chi connectivity index (χ1v) is 7.12. The molecule has 6 N–H and O–H groups in total. The number of aryl methyl sites for hydroxylation is 1. The minimum Gasteiger partial charge on any atom is -0.344 e. The average Bonchev–Trinajstić information content (AvgIpc) is 2.50. The van der Waals surface area contributed by atoms with Gasteiger partial charge in [-0.1, -0.05) is 60.7 Å². The molecule has 0 spiro atoms. The van der Waals surface area contributed by atoms with Crippen molar-refractivity contribution in [2.45, 2.75) is 6.92 Å². The summed E-state index contributed by atoms with van der Waals surface area (Å²) in [4.78, 5) is 0.481. The third-order valence-corrected chi connectivity index (χ3v) is 3.25. The van der Waals surface area contributed by atoms with Gasteiger partial charge in [0.1, 0.15) is 10.7 Å². The first-order chi connectivity index (χ1) is 10.6. The molecule has 0 aliphatic rings. The van der Waals surface area contributed by atoms with Crippen molar-refractivity contribution in [1.82, 2.24) is 0 Å².